The van der Waals surface area contributed by atoms with Crippen molar-refractivity contribution >= 4 is 21.7 Å². The zero-order valence-corrected chi connectivity index (χ0v) is 17.8. The highest BCUT2D eigenvalue weighted by atomic mass is 32.2. The van der Waals surface area contributed by atoms with Gasteiger partial charge in [-0.05, 0) is 38.3 Å². The minimum Gasteiger partial charge on any atom is -0.356 e. The number of sulfone groups is 1. The van der Waals surface area contributed by atoms with E-state index in [2.05, 4.69) is 12.2 Å². The van der Waals surface area contributed by atoms with Crippen LogP contribution >= 0.6 is 0 Å². The molecule has 0 atom stereocenters. The third-order valence-corrected chi connectivity index (χ3v) is 6.99. The van der Waals surface area contributed by atoms with Crippen LogP contribution in [0, 0.1) is 12.8 Å². The predicted molar refractivity (Wildman–Crippen MR) is 110 cm³/mol. The SMILES string of the molecule is CCCCCNC(=O)C1CCN(C(=O)CCS(=O)(=O)c2ccc(C)cc2)CC1. The summed E-state index contributed by atoms with van der Waals surface area (Å²) in [5.41, 5.74) is 0.993. The number of amides is 2. The van der Waals surface area contributed by atoms with Crippen LogP contribution in [-0.2, 0) is 19.4 Å². The van der Waals surface area contributed by atoms with Gasteiger partial charge in [0.15, 0.2) is 9.84 Å². The third-order valence-electron chi connectivity index (χ3n) is 5.26. The molecule has 1 aromatic rings. The highest BCUT2D eigenvalue weighted by molar-refractivity contribution is 7.91. The molecule has 0 bridgehead atoms. The molecule has 156 valence electrons. The zero-order chi connectivity index (χ0) is 20.6. The lowest BCUT2D eigenvalue weighted by molar-refractivity contribution is -0.135. The lowest BCUT2D eigenvalue weighted by atomic mass is 9.95. The minimum atomic E-state index is -3.46. The molecule has 0 aliphatic carbocycles. The van der Waals surface area contributed by atoms with E-state index in [1.54, 1.807) is 29.2 Å². The molecule has 6 nitrogen and oxygen atoms in total. The number of nitrogens with one attached hydrogen (secondary N) is 1. The normalized spacial score (nSPS) is 15.4. The number of rotatable bonds is 9. The number of hydrogen-bond donors (Lipinski definition) is 1. The molecule has 0 spiro atoms. The number of carbonyl (C=O) groups excluding carboxylic acids is 2. The minimum absolute atomic E-state index is 0.0237. The van der Waals surface area contributed by atoms with Crippen LogP contribution in [0.3, 0.4) is 0 Å². The van der Waals surface area contributed by atoms with Gasteiger partial charge in [-0.1, -0.05) is 37.5 Å². The molecule has 1 aliphatic rings. The zero-order valence-electron chi connectivity index (χ0n) is 16.9. The first-order chi connectivity index (χ1) is 13.3. The van der Waals surface area contributed by atoms with Crippen LogP contribution in [-0.4, -0.2) is 50.5 Å². The molecule has 2 rings (SSSR count). The fourth-order valence-corrected chi connectivity index (χ4v) is 4.60. The van der Waals surface area contributed by atoms with Crippen molar-refractivity contribution in [3.05, 3.63) is 29.8 Å². The van der Waals surface area contributed by atoms with Gasteiger partial charge in [-0.2, -0.15) is 0 Å². The van der Waals surface area contributed by atoms with Gasteiger partial charge in [0.1, 0.15) is 0 Å². The first-order valence-corrected chi connectivity index (χ1v) is 11.8. The highest BCUT2D eigenvalue weighted by Gasteiger charge is 2.27. The fourth-order valence-electron chi connectivity index (χ4n) is 3.37. The van der Waals surface area contributed by atoms with E-state index in [9.17, 15) is 18.0 Å². The summed E-state index contributed by atoms with van der Waals surface area (Å²) in [6.07, 6.45) is 4.47. The van der Waals surface area contributed by atoms with Crippen molar-refractivity contribution in [1.82, 2.24) is 10.2 Å². The van der Waals surface area contributed by atoms with Crippen molar-refractivity contribution in [2.24, 2.45) is 5.92 Å². The largest absolute Gasteiger partial charge is 0.356 e. The Morgan fingerprint density at radius 3 is 2.36 bits per heavy atom. The molecule has 1 fully saturated rings. The van der Waals surface area contributed by atoms with Crippen LogP contribution in [0.4, 0.5) is 0 Å². The topological polar surface area (TPSA) is 83.6 Å². The maximum Gasteiger partial charge on any atom is 0.223 e. The standard InChI is InChI=1S/C21H32N2O4S/c1-3-4-5-13-22-21(25)18-10-14-23(15-11-18)20(24)12-16-28(26,27)19-8-6-17(2)7-9-19/h6-9,18H,3-5,10-16H2,1-2H3,(H,22,25). The van der Waals surface area contributed by atoms with Gasteiger partial charge < -0.3 is 10.2 Å². The summed E-state index contributed by atoms with van der Waals surface area (Å²) in [4.78, 5) is 26.5. The van der Waals surface area contributed by atoms with E-state index in [4.69, 9.17) is 0 Å². The first-order valence-electron chi connectivity index (χ1n) is 10.2. The molecular weight excluding hydrogens is 376 g/mol. The average molecular weight is 409 g/mol. The summed E-state index contributed by atoms with van der Waals surface area (Å²) in [7, 11) is -3.46. The molecule has 1 heterocycles. The van der Waals surface area contributed by atoms with Crippen LogP contribution in [0.2, 0.25) is 0 Å². The van der Waals surface area contributed by atoms with Gasteiger partial charge >= 0.3 is 0 Å². The monoisotopic (exact) mass is 408 g/mol. The molecule has 0 aromatic heterocycles. The Labute approximate surface area is 168 Å². The molecule has 1 N–H and O–H groups in total. The lowest BCUT2D eigenvalue weighted by Gasteiger charge is -2.31. The van der Waals surface area contributed by atoms with Gasteiger partial charge in [-0.15, -0.1) is 0 Å². The van der Waals surface area contributed by atoms with Crippen molar-refractivity contribution in [3.8, 4) is 0 Å². The molecule has 2 amide bonds. The number of carbonyl (C=O) groups is 2. The number of nitrogens with zero attached hydrogens (tertiary/aromatic N) is 1. The second kappa shape index (κ2) is 10.6. The molecule has 1 saturated heterocycles. The third kappa shape index (κ3) is 6.62. The van der Waals surface area contributed by atoms with Gasteiger partial charge in [0, 0.05) is 32.0 Å². The molecular formula is C21H32N2O4S. The van der Waals surface area contributed by atoms with Crippen molar-refractivity contribution in [2.75, 3.05) is 25.4 Å². The summed E-state index contributed by atoms with van der Waals surface area (Å²) in [6.45, 7) is 5.76. The Morgan fingerprint density at radius 2 is 1.75 bits per heavy atom. The maximum absolute atomic E-state index is 12.4. The Balaban J connectivity index is 1.76. The van der Waals surface area contributed by atoms with E-state index >= 15 is 0 Å². The quantitative estimate of drug-likeness (QED) is 0.637. The van der Waals surface area contributed by atoms with Gasteiger partial charge in [0.25, 0.3) is 0 Å². The summed E-state index contributed by atoms with van der Waals surface area (Å²) < 4.78 is 24.8. The lowest BCUT2D eigenvalue weighted by Crippen LogP contribution is -2.43. The summed E-state index contributed by atoms with van der Waals surface area (Å²) in [5.74, 6) is -0.322. The van der Waals surface area contributed by atoms with E-state index in [1.807, 2.05) is 6.92 Å². The average Bonchev–Trinajstić information content (AvgIpc) is 2.70. The Morgan fingerprint density at radius 1 is 1.11 bits per heavy atom. The van der Waals surface area contributed by atoms with E-state index in [-0.39, 0.29) is 34.8 Å². The fraction of sp³-hybridized carbons (Fsp3) is 0.619. The summed E-state index contributed by atoms with van der Waals surface area (Å²) in [6, 6.07) is 6.68. The first kappa shape index (κ1) is 22.4. The Hall–Kier alpha value is -1.89. The van der Waals surface area contributed by atoms with Crippen molar-refractivity contribution in [1.29, 1.82) is 0 Å². The molecule has 7 heteroatoms. The number of piperidine rings is 1. The summed E-state index contributed by atoms with van der Waals surface area (Å²) >= 11 is 0. The molecule has 1 aliphatic heterocycles. The number of hydrogen-bond acceptors (Lipinski definition) is 4. The second-order valence-electron chi connectivity index (χ2n) is 7.54. The molecule has 28 heavy (non-hydrogen) atoms. The molecule has 0 unspecified atom stereocenters. The van der Waals surface area contributed by atoms with Crippen molar-refractivity contribution in [3.63, 3.8) is 0 Å². The molecule has 0 saturated carbocycles. The number of unbranched alkanes of at least 4 members (excludes halogenated alkanes) is 2. The highest BCUT2D eigenvalue weighted by Crippen LogP contribution is 2.19. The van der Waals surface area contributed by atoms with Crippen LogP contribution in [0.15, 0.2) is 29.2 Å². The van der Waals surface area contributed by atoms with Crippen LogP contribution < -0.4 is 5.32 Å². The Kier molecular flexibility index (Phi) is 8.48. The molecule has 1 aromatic carbocycles. The van der Waals surface area contributed by atoms with E-state index in [0.29, 0.717) is 32.5 Å². The van der Waals surface area contributed by atoms with Crippen LogP contribution in [0.5, 0.6) is 0 Å². The van der Waals surface area contributed by atoms with Gasteiger partial charge in [0.05, 0.1) is 10.6 Å². The maximum atomic E-state index is 12.4. The smallest absolute Gasteiger partial charge is 0.223 e. The number of benzene rings is 1. The van der Waals surface area contributed by atoms with Gasteiger partial charge in [-0.3, -0.25) is 9.59 Å². The van der Waals surface area contributed by atoms with Crippen LogP contribution in [0.25, 0.3) is 0 Å². The molecule has 0 radical (unpaired) electrons. The number of likely N-dealkylation sites (tertiary alicyclic amines) is 1. The van der Waals surface area contributed by atoms with Crippen molar-refractivity contribution in [2.45, 2.75) is 57.3 Å². The Bertz CT molecular complexity index is 751. The predicted octanol–water partition coefficient (Wildman–Crippen LogP) is 2.70. The van der Waals surface area contributed by atoms with Crippen molar-refractivity contribution < 1.29 is 18.0 Å². The summed E-state index contributed by atoms with van der Waals surface area (Å²) in [5, 5.41) is 2.98. The number of aryl methyl sites for hydroxylation is 1. The van der Waals surface area contributed by atoms with Crippen LogP contribution in [0.1, 0.15) is 51.0 Å². The van der Waals surface area contributed by atoms with E-state index < -0.39 is 9.84 Å². The van der Waals surface area contributed by atoms with E-state index in [0.717, 1.165) is 24.8 Å². The second-order valence-corrected chi connectivity index (χ2v) is 9.64. The van der Waals surface area contributed by atoms with E-state index in [1.165, 1.54) is 0 Å². The van der Waals surface area contributed by atoms with Gasteiger partial charge in [-0.25, -0.2) is 8.42 Å². The van der Waals surface area contributed by atoms with Gasteiger partial charge in [0.2, 0.25) is 11.8 Å².